The van der Waals surface area contributed by atoms with Crippen LogP contribution in [0.15, 0.2) is 30.5 Å². The second-order valence-electron chi connectivity index (χ2n) is 8.01. The van der Waals surface area contributed by atoms with Crippen LogP contribution in [0.1, 0.15) is 49.4 Å². The summed E-state index contributed by atoms with van der Waals surface area (Å²) in [7, 11) is 0. The first kappa shape index (κ1) is 18.3. The van der Waals surface area contributed by atoms with Crippen LogP contribution < -0.4 is 0 Å². The van der Waals surface area contributed by atoms with Crippen molar-refractivity contribution in [3.63, 3.8) is 0 Å². The lowest BCUT2D eigenvalue weighted by Crippen LogP contribution is -2.17. The Bertz CT molecular complexity index is 964. The molecule has 0 bridgehead atoms. The van der Waals surface area contributed by atoms with E-state index in [2.05, 4.69) is 36.9 Å². The van der Waals surface area contributed by atoms with Crippen LogP contribution in [0.3, 0.4) is 0 Å². The third kappa shape index (κ3) is 3.53. The Kier molecular flexibility index (Phi) is 4.67. The molecule has 0 amide bonds. The van der Waals surface area contributed by atoms with Gasteiger partial charge in [-0.1, -0.05) is 26.8 Å². The van der Waals surface area contributed by atoms with Crippen LogP contribution in [0.25, 0.3) is 22.0 Å². The molecular formula is C21H25N3O2. The molecule has 0 saturated heterocycles. The molecular weight excluding hydrogens is 326 g/mol. The van der Waals surface area contributed by atoms with Crippen molar-refractivity contribution in [1.29, 1.82) is 0 Å². The summed E-state index contributed by atoms with van der Waals surface area (Å²) < 4.78 is 1.96. The minimum Gasteiger partial charge on any atom is -0.390 e. The van der Waals surface area contributed by atoms with Gasteiger partial charge in [-0.05, 0) is 41.7 Å². The predicted octanol–water partition coefficient (Wildman–Crippen LogP) is 4.15. The number of rotatable bonds is 4. The van der Waals surface area contributed by atoms with E-state index in [0.29, 0.717) is 11.4 Å². The first-order valence-electron chi connectivity index (χ1n) is 8.78. The Hall–Kier alpha value is -2.53. The summed E-state index contributed by atoms with van der Waals surface area (Å²) in [5.74, 6) is -0.0343. The van der Waals surface area contributed by atoms with E-state index in [0.717, 1.165) is 34.1 Å². The molecule has 2 heterocycles. The summed E-state index contributed by atoms with van der Waals surface area (Å²) in [6.45, 7) is 10.7. The molecule has 0 aliphatic rings. The fraction of sp³-hybridized carbons (Fsp3) is 0.381. The molecule has 0 aliphatic carbocycles. The maximum atomic E-state index is 12.2. The summed E-state index contributed by atoms with van der Waals surface area (Å²) in [6.07, 6.45) is 1.75. The highest BCUT2D eigenvalue weighted by Gasteiger charge is 2.20. The van der Waals surface area contributed by atoms with E-state index < -0.39 is 0 Å². The van der Waals surface area contributed by atoms with Gasteiger partial charge in [0, 0.05) is 30.6 Å². The molecule has 3 aromatic rings. The van der Waals surface area contributed by atoms with Crippen molar-refractivity contribution in [2.24, 2.45) is 5.41 Å². The molecule has 0 unspecified atom stereocenters. The van der Waals surface area contributed by atoms with Gasteiger partial charge in [-0.2, -0.15) is 5.10 Å². The molecule has 0 fully saturated rings. The fourth-order valence-electron chi connectivity index (χ4n) is 3.21. The van der Waals surface area contributed by atoms with Gasteiger partial charge in [0.25, 0.3) is 0 Å². The molecule has 1 aromatic carbocycles. The lowest BCUT2D eigenvalue weighted by molar-refractivity contribution is 0.101. The molecule has 5 heteroatoms. The first-order valence-corrected chi connectivity index (χ1v) is 8.78. The number of hydrogen-bond acceptors (Lipinski definition) is 4. The molecule has 0 radical (unpaired) electrons. The maximum Gasteiger partial charge on any atom is 0.180 e. The largest absolute Gasteiger partial charge is 0.390 e. The minimum absolute atomic E-state index is 0.0343. The molecule has 26 heavy (non-hydrogen) atoms. The SMILES string of the molecule is CC(=O)c1nn(CC(C)(C)C)c2c(C)cc(-c3ccc(CO)nc3)cc12. The zero-order valence-corrected chi connectivity index (χ0v) is 16.0. The monoisotopic (exact) mass is 351 g/mol. The highest BCUT2D eigenvalue weighted by atomic mass is 16.3. The predicted molar refractivity (Wildman–Crippen MR) is 103 cm³/mol. The van der Waals surface area contributed by atoms with Crippen LogP contribution in [-0.2, 0) is 13.2 Å². The van der Waals surface area contributed by atoms with Gasteiger partial charge in [-0.15, -0.1) is 0 Å². The number of aryl methyl sites for hydroxylation is 1. The Morgan fingerprint density at radius 1 is 1.19 bits per heavy atom. The smallest absolute Gasteiger partial charge is 0.180 e. The molecule has 5 nitrogen and oxygen atoms in total. The van der Waals surface area contributed by atoms with Crippen LogP contribution in [0.2, 0.25) is 0 Å². The van der Waals surface area contributed by atoms with Crippen LogP contribution in [0, 0.1) is 12.3 Å². The molecule has 0 aliphatic heterocycles. The molecule has 0 saturated carbocycles. The maximum absolute atomic E-state index is 12.2. The van der Waals surface area contributed by atoms with Crippen LogP contribution in [-0.4, -0.2) is 25.7 Å². The molecule has 0 spiro atoms. The Balaban J connectivity index is 2.20. The fourth-order valence-corrected chi connectivity index (χ4v) is 3.21. The van der Waals surface area contributed by atoms with Gasteiger partial charge in [0.1, 0.15) is 5.69 Å². The van der Waals surface area contributed by atoms with E-state index in [1.807, 2.05) is 29.8 Å². The van der Waals surface area contributed by atoms with Crippen LogP contribution in [0.5, 0.6) is 0 Å². The molecule has 2 aromatic heterocycles. The van der Waals surface area contributed by atoms with E-state index in [4.69, 9.17) is 5.11 Å². The number of fused-ring (bicyclic) bond motifs is 1. The standard InChI is InChI=1S/C21H25N3O2/c1-13-8-16(15-6-7-17(11-25)22-10-15)9-18-19(14(2)26)23-24(20(13)18)12-21(3,4)5/h6-10,25H,11-12H2,1-5H3. The quantitative estimate of drug-likeness (QED) is 0.717. The Labute approximate surface area is 153 Å². The van der Waals surface area contributed by atoms with Gasteiger partial charge < -0.3 is 5.11 Å². The van der Waals surface area contributed by atoms with Crippen molar-refractivity contribution < 1.29 is 9.90 Å². The number of ketones is 1. The number of carbonyl (C=O) groups excluding carboxylic acids is 1. The number of hydrogen-bond donors (Lipinski definition) is 1. The number of Topliss-reactive ketones (excluding diaryl/α,β-unsaturated/α-hetero) is 1. The Morgan fingerprint density at radius 3 is 2.46 bits per heavy atom. The highest BCUT2D eigenvalue weighted by Crippen LogP contribution is 2.31. The van der Waals surface area contributed by atoms with E-state index in [-0.39, 0.29) is 17.8 Å². The van der Waals surface area contributed by atoms with Crippen LogP contribution in [0.4, 0.5) is 0 Å². The zero-order chi connectivity index (χ0) is 19.1. The second-order valence-corrected chi connectivity index (χ2v) is 8.01. The minimum atomic E-state index is -0.0770. The lowest BCUT2D eigenvalue weighted by atomic mass is 9.96. The zero-order valence-electron chi connectivity index (χ0n) is 16.0. The average Bonchev–Trinajstić information content (AvgIpc) is 2.92. The highest BCUT2D eigenvalue weighted by molar-refractivity contribution is 6.06. The second kappa shape index (κ2) is 6.65. The van der Waals surface area contributed by atoms with Crippen molar-refractivity contribution in [3.8, 4) is 11.1 Å². The summed E-state index contributed by atoms with van der Waals surface area (Å²) in [6, 6.07) is 7.86. The number of nitrogens with zero attached hydrogens (tertiary/aromatic N) is 3. The van der Waals surface area contributed by atoms with Crippen molar-refractivity contribution >= 4 is 16.7 Å². The van der Waals surface area contributed by atoms with Gasteiger partial charge in [0.2, 0.25) is 0 Å². The van der Waals surface area contributed by atoms with Crippen molar-refractivity contribution in [3.05, 3.63) is 47.4 Å². The molecule has 0 atom stereocenters. The number of aromatic nitrogens is 3. The topological polar surface area (TPSA) is 68.0 Å². The van der Waals surface area contributed by atoms with Crippen molar-refractivity contribution in [2.75, 3.05) is 0 Å². The summed E-state index contributed by atoms with van der Waals surface area (Å²) in [5, 5.41) is 14.7. The van der Waals surface area contributed by atoms with Gasteiger partial charge in [0.05, 0.1) is 17.8 Å². The number of benzene rings is 1. The van der Waals surface area contributed by atoms with E-state index in [9.17, 15) is 4.79 Å². The van der Waals surface area contributed by atoms with Gasteiger partial charge in [-0.25, -0.2) is 0 Å². The Morgan fingerprint density at radius 2 is 1.92 bits per heavy atom. The van der Waals surface area contributed by atoms with Gasteiger partial charge in [0.15, 0.2) is 5.78 Å². The number of pyridine rings is 1. The summed E-state index contributed by atoms with van der Waals surface area (Å²) in [4.78, 5) is 16.4. The van der Waals surface area contributed by atoms with Gasteiger partial charge in [-0.3, -0.25) is 14.5 Å². The lowest BCUT2D eigenvalue weighted by Gasteiger charge is -2.19. The molecule has 1 N–H and O–H groups in total. The van der Waals surface area contributed by atoms with Gasteiger partial charge >= 0.3 is 0 Å². The number of carbonyl (C=O) groups is 1. The summed E-state index contributed by atoms with van der Waals surface area (Å²) in [5.41, 5.74) is 5.22. The van der Waals surface area contributed by atoms with E-state index in [1.165, 1.54) is 0 Å². The normalized spacial score (nSPS) is 11.9. The van der Waals surface area contributed by atoms with Crippen molar-refractivity contribution in [2.45, 2.75) is 47.8 Å². The molecule has 136 valence electrons. The van der Waals surface area contributed by atoms with Crippen LogP contribution >= 0.6 is 0 Å². The molecule has 3 rings (SSSR count). The summed E-state index contributed by atoms with van der Waals surface area (Å²) >= 11 is 0. The van der Waals surface area contributed by atoms with E-state index >= 15 is 0 Å². The van der Waals surface area contributed by atoms with Crippen molar-refractivity contribution in [1.82, 2.24) is 14.8 Å². The third-order valence-electron chi connectivity index (χ3n) is 4.31. The number of aliphatic hydroxyl groups excluding tert-OH is 1. The average molecular weight is 351 g/mol. The van der Waals surface area contributed by atoms with E-state index in [1.54, 1.807) is 13.1 Å². The number of aliphatic hydroxyl groups is 1. The first-order chi connectivity index (χ1) is 12.2. The third-order valence-corrected chi connectivity index (χ3v) is 4.31.